The molecular formula is C22H20F8N2O2. The lowest BCUT2D eigenvalue weighted by Crippen LogP contribution is -2.56. The number of hydrogen-bond donors (Lipinski definition) is 0. The quantitative estimate of drug-likeness (QED) is 0.211. The van der Waals surface area contributed by atoms with Crippen LogP contribution in [0.25, 0.3) is 17.5 Å². The van der Waals surface area contributed by atoms with Crippen LogP contribution in [-0.4, -0.2) is 46.7 Å². The van der Waals surface area contributed by atoms with E-state index in [-0.39, 0.29) is 0 Å². The van der Waals surface area contributed by atoms with Crippen molar-refractivity contribution in [3.8, 4) is 11.4 Å². The number of carbonyl (C=O) groups excluding carboxylic acids is 1. The first-order valence-corrected chi connectivity index (χ1v) is 10.0. The van der Waals surface area contributed by atoms with Crippen LogP contribution in [0.5, 0.6) is 0 Å². The van der Waals surface area contributed by atoms with Gasteiger partial charge in [-0.15, -0.1) is 0 Å². The van der Waals surface area contributed by atoms with E-state index in [9.17, 15) is 39.9 Å². The molecule has 1 aromatic carbocycles. The number of carbonyl (C=O) groups is 1. The van der Waals surface area contributed by atoms with E-state index in [4.69, 9.17) is 0 Å². The third kappa shape index (κ3) is 6.51. The van der Waals surface area contributed by atoms with E-state index < -0.39 is 36.8 Å². The molecule has 2 aromatic rings. The van der Waals surface area contributed by atoms with Crippen LogP contribution >= 0.6 is 0 Å². The number of rotatable bonds is 11. The highest BCUT2D eigenvalue weighted by Gasteiger charge is 2.70. The summed E-state index contributed by atoms with van der Waals surface area (Å²) in [5.41, 5.74) is 1.91. The molecule has 0 bridgehead atoms. The van der Waals surface area contributed by atoms with Gasteiger partial charge in [-0.05, 0) is 30.0 Å². The molecule has 0 radical (unpaired) electrons. The molecule has 0 spiro atoms. The lowest BCUT2D eigenvalue weighted by Gasteiger charge is -2.30. The summed E-state index contributed by atoms with van der Waals surface area (Å²) in [7, 11) is 0. The first-order chi connectivity index (χ1) is 15.9. The predicted molar refractivity (Wildman–Crippen MR) is 107 cm³/mol. The Hall–Kier alpha value is -3.05. The van der Waals surface area contributed by atoms with E-state index in [0.717, 1.165) is 30.9 Å². The van der Waals surface area contributed by atoms with Crippen LogP contribution in [0.2, 0.25) is 0 Å². The van der Waals surface area contributed by atoms with Gasteiger partial charge < -0.3 is 4.74 Å². The zero-order valence-electron chi connectivity index (χ0n) is 17.7. The summed E-state index contributed by atoms with van der Waals surface area (Å²) < 4.78 is 107. The van der Waals surface area contributed by atoms with Gasteiger partial charge in [0.1, 0.15) is 0 Å². The van der Waals surface area contributed by atoms with Crippen molar-refractivity contribution in [2.45, 2.75) is 57.0 Å². The molecule has 1 aromatic heterocycles. The Morgan fingerprint density at radius 1 is 1.00 bits per heavy atom. The highest BCUT2D eigenvalue weighted by Crippen LogP contribution is 2.44. The highest BCUT2D eigenvalue weighted by atomic mass is 19.3. The van der Waals surface area contributed by atoms with E-state index in [1.54, 1.807) is 24.5 Å². The van der Waals surface area contributed by atoms with Gasteiger partial charge in [-0.3, -0.25) is 0 Å². The molecule has 0 saturated carbocycles. The molecule has 4 nitrogen and oxygen atoms in total. The van der Waals surface area contributed by atoms with Crippen LogP contribution in [0, 0.1) is 0 Å². The maximum Gasteiger partial charge on any atom is 0.378 e. The van der Waals surface area contributed by atoms with E-state index in [1.807, 2.05) is 0 Å². The largest absolute Gasteiger partial charge is 0.421 e. The van der Waals surface area contributed by atoms with Gasteiger partial charge in [0.25, 0.3) is 6.43 Å². The van der Waals surface area contributed by atoms with Gasteiger partial charge in [0.2, 0.25) is 6.17 Å². The van der Waals surface area contributed by atoms with Gasteiger partial charge in [0.15, 0.2) is 5.82 Å². The van der Waals surface area contributed by atoms with Gasteiger partial charge in [-0.25, -0.2) is 27.9 Å². The molecule has 186 valence electrons. The van der Waals surface area contributed by atoms with Crippen molar-refractivity contribution in [1.82, 2.24) is 9.97 Å². The number of hydrogen-bond acceptors (Lipinski definition) is 4. The fourth-order valence-electron chi connectivity index (χ4n) is 2.63. The molecule has 2 unspecified atom stereocenters. The maximum absolute atomic E-state index is 13.5. The Labute approximate surface area is 189 Å². The Bertz CT molecular complexity index is 966. The molecule has 34 heavy (non-hydrogen) atoms. The third-order valence-corrected chi connectivity index (χ3v) is 4.62. The summed E-state index contributed by atoms with van der Waals surface area (Å²) in [5, 5.41) is 0. The normalized spacial score (nSPS) is 14.4. The topological polar surface area (TPSA) is 52.1 Å². The van der Waals surface area contributed by atoms with Crippen molar-refractivity contribution < 1.29 is 44.7 Å². The van der Waals surface area contributed by atoms with Gasteiger partial charge >= 0.3 is 24.2 Å². The number of alkyl halides is 8. The van der Waals surface area contributed by atoms with Crippen molar-refractivity contribution >= 4 is 12.0 Å². The van der Waals surface area contributed by atoms with Crippen molar-refractivity contribution in [3.05, 3.63) is 53.9 Å². The van der Waals surface area contributed by atoms with Crippen molar-refractivity contribution in [2.24, 2.45) is 0 Å². The first-order valence-electron chi connectivity index (χ1n) is 10.0. The lowest BCUT2D eigenvalue weighted by molar-refractivity contribution is -0.312. The number of benzene rings is 1. The average Bonchev–Trinajstić information content (AvgIpc) is 2.81. The number of aromatic nitrogens is 2. The number of nitrogens with zero attached hydrogens (tertiary/aromatic N) is 2. The molecule has 0 saturated heterocycles. The van der Waals surface area contributed by atoms with E-state index in [1.165, 1.54) is 12.1 Å². The summed E-state index contributed by atoms with van der Waals surface area (Å²) in [6.07, 6.45) is -5.81. The summed E-state index contributed by atoms with van der Waals surface area (Å²) in [6, 6.07) is 6.09. The van der Waals surface area contributed by atoms with Crippen LogP contribution in [0.1, 0.15) is 30.9 Å². The van der Waals surface area contributed by atoms with E-state index >= 15 is 0 Å². The average molecular weight is 496 g/mol. The number of esters is 1. The summed E-state index contributed by atoms with van der Waals surface area (Å²) in [6.45, 7) is 2.06. The lowest BCUT2D eigenvalue weighted by atomic mass is 10.1. The predicted octanol–water partition coefficient (Wildman–Crippen LogP) is 6.21. The second kappa shape index (κ2) is 11.4. The highest BCUT2D eigenvalue weighted by molar-refractivity contribution is 5.87. The molecule has 1 heterocycles. The van der Waals surface area contributed by atoms with Crippen LogP contribution in [0.4, 0.5) is 35.1 Å². The molecule has 0 N–H and O–H groups in total. The number of halogens is 8. The number of ether oxygens (including phenoxy) is 1. The second-order valence-corrected chi connectivity index (χ2v) is 7.21. The van der Waals surface area contributed by atoms with Gasteiger partial charge in [0.05, 0.1) is 0 Å². The molecule has 0 amide bonds. The summed E-state index contributed by atoms with van der Waals surface area (Å²) in [4.78, 5) is 20.0. The monoisotopic (exact) mass is 496 g/mol. The Kier molecular flexibility index (Phi) is 9.11. The molecule has 12 heteroatoms. The fourth-order valence-corrected chi connectivity index (χ4v) is 2.63. The maximum atomic E-state index is 13.5. The fraction of sp³-hybridized carbons (Fsp3) is 0.409. The summed E-state index contributed by atoms with van der Waals surface area (Å²) in [5.74, 6) is -13.5. The second-order valence-electron chi connectivity index (χ2n) is 7.21. The zero-order valence-corrected chi connectivity index (χ0v) is 17.7. The van der Waals surface area contributed by atoms with Crippen LogP contribution < -0.4 is 0 Å². The SMILES string of the molecule is CCCCc1cnc(-c2ccc(C=CC(=O)OC(F)C(F)(F)C(F)(F)C(F)C(F)F)cc2)nc1. The van der Waals surface area contributed by atoms with Crippen molar-refractivity contribution in [3.63, 3.8) is 0 Å². The van der Waals surface area contributed by atoms with Crippen LogP contribution in [0.3, 0.4) is 0 Å². The standard InChI is InChI=1S/C22H20F8N2O2/c1-2-3-4-14-11-31-19(32-12-14)15-8-5-13(6-9-15)7-10-16(33)34-20(26)22(29,30)21(27,28)17(23)18(24)25/h5-12,17-18,20H,2-4H2,1H3. The molecule has 0 aliphatic heterocycles. The number of aryl methyl sites for hydroxylation is 1. The zero-order chi connectivity index (χ0) is 25.5. The van der Waals surface area contributed by atoms with Crippen LogP contribution in [-0.2, 0) is 16.0 Å². The molecular weight excluding hydrogens is 476 g/mol. The first kappa shape index (κ1) is 27.2. The van der Waals surface area contributed by atoms with Crippen LogP contribution in [0.15, 0.2) is 42.7 Å². The van der Waals surface area contributed by atoms with Gasteiger partial charge in [-0.1, -0.05) is 37.6 Å². The van der Waals surface area contributed by atoms with Gasteiger partial charge in [0, 0.05) is 24.0 Å². The molecule has 0 aliphatic carbocycles. The van der Waals surface area contributed by atoms with Gasteiger partial charge in [-0.2, -0.15) is 22.0 Å². The summed E-state index contributed by atoms with van der Waals surface area (Å²) >= 11 is 0. The Balaban J connectivity index is 2.00. The molecule has 2 rings (SSSR count). The number of unbranched alkanes of at least 4 members (excludes halogenated alkanes) is 1. The molecule has 0 fully saturated rings. The Morgan fingerprint density at radius 3 is 2.12 bits per heavy atom. The minimum absolute atomic E-state index is 0.314. The Morgan fingerprint density at radius 2 is 1.59 bits per heavy atom. The smallest absolute Gasteiger partial charge is 0.378 e. The minimum atomic E-state index is -6.11. The van der Waals surface area contributed by atoms with E-state index in [2.05, 4.69) is 21.6 Å². The third-order valence-electron chi connectivity index (χ3n) is 4.62. The molecule has 0 aliphatic rings. The van der Waals surface area contributed by atoms with E-state index in [0.29, 0.717) is 23.0 Å². The van der Waals surface area contributed by atoms with Crippen molar-refractivity contribution in [1.29, 1.82) is 0 Å². The minimum Gasteiger partial charge on any atom is -0.421 e. The molecule has 2 atom stereocenters. The van der Waals surface area contributed by atoms with Crippen molar-refractivity contribution in [2.75, 3.05) is 0 Å².